The first kappa shape index (κ1) is 25.1. The van der Waals surface area contributed by atoms with Crippen LogP contribution in [0.2, 0.25) is 0 Å². The maximum Gasteiger partial charge on any atom is 0.333 e. The van der Waals surface area contributed by atoms with Crippen molar-refractivity contribution in [3.8, 4) is 16.9 Å². The number of ether oxygens (including phenoxy) is 4. The normalized spacial score (nSPS) is 10.3. The first-order chi connectivity index (χ1) is 15.9. The van der Waals surface area contributed by atoms with Gasteiger partial charge in [0.25, 0.3) is 0 Å². The molecule has 2 aromatic rings. The first-order valence-corrected chi connectivity index (χ1v) is 10.2. The second-order valence-corrected chi connectivity index (χ2v) is 6.78. The van der Waals surface area contributed by atoms with Crippen LogP contribution >= 0.6 is 0 Å². The molecule has 0 atom stereocenters. The van der Waals surface area contributed by atoms with E-state index in [9.17, 15) is 14.4 Å². The van der Waals surface area contributed by atoms with Crippen LogP contribution in [0.1, 0.15) is 12.5 Å². The fraction of sp³-hybridized carbons (Fsp3) is 0.192. The smallest absolute Gasteiger partial charge is 0.333 e. The van der Waals surface area contributed by atoms with Crippen molar-refractivity contribution < 1.29 is 33.3 Å². The van der Waals surface area contributed by atoms with Crippen LogP contribution in [0, 0.1) is 0 Å². The number of hydrogen-bond donors (Lipinski definition) is 0. The zero-order chi connectivity index (χ0) is 24.1. The third kappa shape index (κ3) is 9.26. The topological polar surface area (TPSA) is 88.1 Å². The molecular formula is C26H26O7. The molecule has 0 aliphatic heterocycles. The van der Waals surface area contributed by atoms with Gasteiger partial charge in [0.15, 0.2) is 0 Å². The van der Waals surface area contributed by atoms with E-state index < -0.39 is 17.9 Å². The van der Waals surface area contributed by atoms with E-state index in [0.717, 1.165) is 22.8 Å². The maximum atomic E-state index is 11.7. The number of benzene rings is 2. The monoisotopic (exact) mass is 450 g/mol. The van der Waals surface area contributed by atoms with Crippen LogP contribution < -0.4 is 4.74 Å². The van der Waals surface area contributed by atoms with Gasteiger partial charge < -0.3 is 18.9 Å². The van der Waals surface area contributed by atoms with Gasteiger partial charge in [0.1, 0.15) is 32.2 Å². The lowest BCUT2D eigenvalue weighted by molar-refractivity contribution is -0.145. The molecular weight excluding hydrogens is 424 g/mol. The van der Waals surface area contributed by atoms with Gasteiger partial charge in [-0.15, -0.1) is 0 Å². The van der Waals surface area contributed by atoms with Crippen molar-refractivity contribution in [3.05, 3.63) is 85.0 Å². The fourth-order valence-electron chi connectivity index (χ4n) is 2.50. The quantitative estimate of drug-likeness (QED) is 0.208. The summed E-state index contributed by atoms with van der Waals surface area (Å²) >= 11 is 0. The van der Waals surface area contributed by atoms with Crippen LogP contribution in [0.3, 0.4) is 0 Å². The summed E-state index contributed by atoms with van der Waals surface area (Å²) in [5.74, 6) is -0.859. The number of hydrogen-bond acceptors (Lipinski definition) is 7. The number of esters is 3. The van der Waals surface area contributed by atoms with Crippen molar-refractivity contribution in [3.63, 3.8) is 0 Å². The van der Waals surface area contributed by atoms with E-state index in [-0.39, 0.29) is 26.4 Å². The van der Waals surface area contributed by atoms with E-state index >= 15 is 0 Å². The largest absolute Gasteiger partial charge is 0.490 e. The molecule has 0 fully saturated rings. The number of carbonyl (C=O) groups is 3. The van der Waals surface area contributed by atoms with E-state index in [0.29, 0.717) is 11.3 Å². The standard InChI is InChI=1S/C26H26O7/c1-4-24(27)31-16-17-32-25(28)14-7-20-5-8-21(9-6-20)22-10-12-23(13-11-22)30-15-18-33-26(29)19(2)3/h4-14H,1-2,15-18H2,3H3/b14-7+. The SMILES string of the molecule is C=CC(=O)OCCOC(=O)/C=C/c1ccc(-c2ccc(OCCOC(=O)C(=C)C)cc2)cc1. The van der Waals surface area contributed by atoms with Crippen LogP contribution in [-0.2, 0) is 28.6 Å². The second-order valence-electron chi connectivity index (χ2n) is 6.78. The molecule has 2 aromatic carbocycles. The molecule has 7 nitrogen and oxygen atoms in total. The molecule has 0 saturated carbocycles. The third-order valence-corrected chi connectivity index (χ3v) is 4.18. The predicted octanol–water partition coefficient (Wildman–Crippen LogP) is 4.14. The van der Waals surface area contributed by atoms with Crippen LogP contribution in [-0.4, -0.2) is 44.3 Å². The molecule has 33 heavy (non-hydrogen) atoms. The van der Waals surface area contributed by atoms with E-state index in [1.54, 1.807) is 13.0 Å². The van der Waals surface area contributed by atoms with Gasteiger partial charge >= 0.3 is 17.9 Å². The van der Waals surface area contributed by atoms with Crippen molar-refractivity contribution in [2.75, 3.05) is 26.4 Å². The minimum atomic E-state index is -0.564. The highest BCUT2D eigenvalue weighted by Crippen LogP contribution is 2.23. The lowest BCUT2D eigenvalue weighted by atomic mass is 10.0. The minimum Gasteiger partial charge on any atom is -0.490 e. The Bertz CT molecular complexity index is 1000. The molecule has 0 amide bonds. The van der Waals surface area contributed by atoms with Gasteiger partial charge in [-0.25, -0.2) is 14.4 Å². The van der Waals surface area contributed by atoms with Gasteiger partial charge in [0.2, 0.25) is 0 Å². The summed E-state index contributed by atoms with van der Waals surface area (Å²) in [6, 6.07) is 15.2. The molecule has 7 heteroatoms. The molecule has 0 saturated heterocycles. The van der Waals surface area contributed by atoms with Gasteiger partial charge in [0.05, 0.1) is 0 Å². The summed E-state index contributed by atoms with van der Waals surface area (Å²) in [7, 11) is 0. The van der Waals surface area contributed by atoms with Gasteiger partial charge in [0, 0.05) is 17.7 Å². The van der Waals surface area contributed by atoms with Crippen LogP contribution in [0.15, 0.2) is 79.4 Å². The highest BCUT2D eigenvalue weighted by molar-refractivity contribution is 5.87. The average molecular weight is 450 g/mol. The molecule has 0 heterocycles. The van der Waals surface area contributed by atoms with Crippen molar-refractivity contribution in [2.45, 2.75) is 6.92 Å². The second kappa shape index (κ2) is 13.3. The van der Waals surface area contributed by atoms with Crippen molar-refractivity contribution in [1.29, 1.82) is 0 Å². The Morgan fingerprint density at radius 1 is 0.788 bits per heavy atom. The zero-order valence-corrected chi connectivity index (χ0v) is 18.5. The Labute approximate surface area is 192 Å². The third-order valence-electron chi connectivity index (χ3n) is 4.18. The van der Waals surface area contributed by atoms with Crippen LogP contribution in [0.25, 0.3) is 17.2 Å². The summed E-state index contributed by atoms with van der Waals surface area (Å²) < 4.78 is 20.2. The van der Waals surface area contributed by atoms with Gasteiger partial charge in [-0.05, 0) is 41.8 Å². The Morgan fingerprint density at radius 3 is 1.91 bits per heavy atom. The summed E-state index contributed by atoms with van der Waals surface area (Å²) in [4.78, 5) is 33.9. The average Bonchev–Trinajstić information content (AvgIpc) is 2.83. The molecule has 0 radical (unpaired) electrons. The molecule has 0 aliphatic rings. The molecule has 0 N–H and O–H groups in total. The molecule has 0 aliphatic carbocycles. The number of carbonyl (C=O) groups excluding carboxylic acids is 3. The lowest BCUT2D eigenvalue weighted by Crippen LogP contribution is -2.12. The molecule has 0 aromatic heterocycles. The lowest BCUT2D eigenvalue weighted by Gasteiger charge is -2.08. The highest BCUT2D eigenvalue weighted by Gasteiger charge is 2.04. The highest BCUT2D eigenvalue weighted by atomic mass is 16.6. The van der Waals surface area contributed by atoms with E-state index in [1.165, 1.54) is 6.08 Å². The fourth-order valence-corrected chi connectivity index (χ4v) is 2.50. The van der Waals surface area contributed by atoms with Crippen molar-refractivity contribution >= 4 is 24.0 Å². The Balaban J connectivity index is 1.79. The summed E-state index contributed by atoms with van der Waals surface area (Å²) in [6.45, 7) is 8.74. The van der Waals surface area contributed by atoms with Gasteiger partial charge in [-0.2, -0.15) is 0 Å². The summed E-state index contributed by atoms with van der Waals surface area (Å²) in [5, 5.41) is 0. The van der Waals surface area contributed by atoms with Gasteiger partial charge in [-0.3, -0.25) is 0 Å². The van der Waals surface area contributed by atoms with Gasteiger partial charge in [-0.1, -0.05) is 49.6 Å². The molecule has 0 unspecified atom stereocenters. The van der Waals surface area contributed by atoms with E-state index in [2.05, 4.69) is 13.2 Å². The van der Waals surface area contributed by atoms with Crippen molar-refractivity contribution in [2.24, 2.45) is 0 Å². The summed E-state index contributed by atoms with van der Waals surface area (Å²) in [6.07, 6.45) is 3.99. The molecule has 2 rings (SSSR count). The molecule has 0 spiro atoms. The number of rotatable bonds is 12. The zero-order valence-electron chi connectivity index (χ0n) is 18.5. The van der Waals surface area contributed by atoms with Crippen LogP contribution in [0.5, 0.6) is 5.75 Å². The van der Waals surface area contributed by atoms with Crippen molar-refractivity contribution in [1.82, 2.24) is 0 Å². The Hall–Kier alpha value is -4.13. The predicted molar refractivity (Wildman–Crippen MR) is 124 cm³/mol. The molecule has 0 bridgehead atoms. The summed E-state index contributed by atoms with van der Waals surface area (Å²) in [5.41, 5.74) is 3.18. The first-order valence-electron chi connectivity index (χ1n) is 10.2. The minimum absolute atomic E-state index is 0.0224. The molecule has 172 valence electrons. The van der Waals surface area contributed by atoms with E-state index in [4.69, 9.17) is 18.9 Å². The van der Waals surface area contributed by atoms with E-state index in [1.807, 2.05) is 48.5 Å². The Morgan fingerprint density at radius 2 is 1.33 bits per heavy atom. The maximum absolute atomic E-state index is 11.7. The van der Waals surface area contributed by atoms with Crippen LogP contribution in [0.4, 0.5) is 0 Å². The Kier molecular flexibility index (Phi) is 10.1.